The molecule has 0 amide bonds. The molecule has 6 heteroatoms. The maximum Gasteiger partial charge on any atom is 0.193 e. The first-order valence-corrected chi connectivity index (χ1v) is 17.2. The van der Waals surface area contributed by atoms with Gasteiger partial charge in [-0.2, -0.15) is 0 Å². The van der Waals surface area contributed by atoms with E-state index in [1.165, 1.54) is 0 Å². The van der Waals surface area contributed by atoms with Crippen molar-refractivity contribution in [1.82, 2.24) is 0 Å². The Morgan fingerprint density at radius 2 is 1.39 bits per heavy atom. The van der Waals surface area contributed by atoms with E-state index in [-0.39, 0.29) is 28.9 Å². The minimum absolute atomic E-state index is 0.0188. The quantitative estimate of drug-likeness (QED) is 0.297. The molecule has 1 N–H and O–H groups in total. The summed E-state index contributed by atoms with van der Waals surface area (Å²) in [6.07, 6.45) is 3.22. The molecule has 0 aliphatic heterocycles. The maximum atomic E-state index is 9.45. The van der Waals surface area contributed by atoms with Gasteiger partial charge in [-0.3, -0.25) is 0 Å². The molecule has 4 nitrogen and oxygen atoms in total. The highest BCUT2D eigenvalue weighted by Gasteiger charge is 2.44. The van der Waals surface area contributed by atoms with Crippen LogP contribution in [-0.4, -0.2) is 47.2 Å². The molecule has 0 aromatic heterocycles. The number of aliphatic hydroxyl groups is 1. The molecule has 1 aromatic carbocycles. The van der Waals surface area contributed by atoms with Crippen LogP contribution in [0.3, 0.4) is 0 Å². The zero-order valence-electron chi connectivity index (χ0n) is 21.5. The lowest BCUT2D eigenvalue weighted by atomic mass is 10.2. The van der Waals surface area contributed by atoms with Crippen molar-refractivity contribution in [2.75, 3.05) is 13.2 Å². The molecule has 178 valence electrons. The number of aliphatic hydroxyl groups excluding tert-OH is 1. The van der Waals surface area contributed by atoms with Crippen molar-refractivity contribution in [3.8, 4) is 0 Å². The first kappa shape index (κ1) is 28.3. The maximum absolute atomic E-state index is 9.45. The van der Waals surface area contributed by atoms with E-state index >= 15 is 0 Å². The number of hydrogen-bond acceptors (Lipinski definition) is 4. The average molecular weight is 467 g/mol. The normalized spacial score (nSPS) is 16.0. The monoisotopic (exact) mass is 466 g/mol. The smallest absolute Gasteiger partial charge is 0.193 e. The summed E-state index contributed by atoms with van der Waals surface area (Å²) < 4.78 is 19.8. The third-order valence-electron chi connectivity index (χ3n) is 6.68. The van der Waals surface area contributed by atoms with E-state index < -0.39 is 16.6 Å². The highest BCUT2D eigenvalue weighted by Crippen LogP contribution is 2.40. The van der Waals surface area contributed by atoms with Crippen LogP contribution in [0, 0.1) is 0 Å². The molecule has 1 aromatic rings. The molecule has 0 fully saturated rings. The van der Waals surface area contributed by atoms with E-state index in [0.717, 1.165) is 5.56 Å². The molecule has 0 heterocycles. The third-order valence-corrected chi connectivity index (χ3v) is 15.7. The second kappa shape index (κ2) is 11.4. The van der Waals surface area contributed by atoms with E-state index in [0.29, 0.717) is 13.2 Å². The summed E-state index contributed by atoms with van der Waals surface area (Å²) in [6.45, 7) is 23.4. The lowest BCUT2D eigenvalue weighted by molar-refractivity contribution is -0.0139. The Labute approximate surface area is 193 Å². The van der Waals surface area contributed by atoms with E-state index in [2.05, 4.69) is 79.9 Å². The molecule has 0 aliphatic carbocycles. The van der Waals surface area contributed by atoms with Gasteiger partial charge in [0.1, 0.15) is 0 Å². The molecule has 2 atom stereocenters. The Kier molecular flexibility index (Phi) is 10.4. The molecule has 0 aliphatic rings. The zero-order valence-corrected chi connectivity index (χ0v) is 23.5. The van der Waals surface area contributed by atoms with E-state index in [1.807, 2.05) is 24.3 Å². The number of rotatable bonds is 11. The second-order valence-corrected chi connectivity index (χ2v) is 20.9. The summed E-state index contributed by atoms with van der Waals surface area (Å²) >= 11 is 0. The van der Waals surface area contributed by atoms with Crippen LogP contribution < -0.4 is 0 Å². The SMILES string of the molecule is CC(C)(C)[Si](C)(C)O[C@@H](/C=C/CO)[C@@H](COCc1ccccc1)O[Si](C)(C)C(C)(C)C. The van der Waals surface area contributed by atoms with Crippen LogP contribution >= 0.6 is 0 Å². The average Bonchev–Trinajstić information content (AvgIpc) is 2.63. The van der Waals surface area contributed by atoms with Gasteiger partial charge >= 0.3 is 0 Å². The van der Waals surface area contributed by atoms with Crippen LogP contribution in [0.25, 0.3) is 0 Å². The number of hydrogen-bond donors (Lipinski definition) is 1. The van der Waals surface area contributed by atoms with Crippen LogP contribution in [0.5, 0.6) is 0 Å². The van der Waals surface area contributed by atoms with Gasteiger partial charge < -0.3 is 18.7 Å². The van der Waals surface area contributed by atoms with Crippen molar-refractivity contribution < 1.29 is 18.7 Å². The fourth-order valence-electron chi connectivity index (χ4n) is 2.57. The third kappa shape index (κ3) is 8.94. The summed E-state index contributed by atoms with van der Waals surface area (Å²) in [5.74, 6) is 0. The van der Waals surface area contributed by atoms with Crippen molar-refractivity contribution in [1.29, 1.82) is 0 Å². The largest absolute Gasteiger partial charge is 0.409 e. The van der Waals surface area contributed by atoms with Crippen molar-refractivity contribution in [2.45, 2.75) is 96.6 Å². The minimum atomic E-state index is -2.06. The molecule has 0 unspecified atom stereocenters. The lowest BCUT2D eigenvalue weighted by Gasteiger charge is -2.44. The van der Waals surface area contributed by atoms with Gasteiger partial charge in [-0.15, -0.1) is 0 Å². The summed E-state index contributed by atoms with van der Waals surface area (Å²) in [5, 5.41) is 9.60. The van der Waals surface area contributed by atoms with Gasteiger partial charge in [0.25, 0.3) is 0 Å². The highest BCUT2D eigenvalue weighted by molar-refractivity contribution is 6.74. The standard InChI is InChI=1S/C25H46O4Si2/c1-24(2,3)30(7,8)28-22(17-14-18-26)23(29-31(9,10)25(4,5)6)20-27-19-21-15-12-11-13-16-21/h11-17,22-23,26H,18-20H2,1-10H3/b17-14+/t22-,23+/m0/s1. The number of benzene rings is 1. The summed E-state index contributed by atoms with van der Waals surface area (Å²) in [5.41, 5.74) is 1.14. The second-order valence-electron chi connectivity index (χ2n) is 11.4. The Hall–Kier alpha value is -0.766. The fourth-order valence-corrected chi connectivity index (χ4v) is 5.15. The van der Waals surface area contributed by atoms with Crippen LogP contribution in [0.15, 0.2) is 42.5 Å². The molecule has 31 heavy (non-hydrogen) atoms. The molecule has 0 saturated carbocycles. The Balaban J connectivity index is 3.15. The first-order valence-electron chi connectivity index (χ1n) is 11.4. The van der Waals surface area contributed by atoms with Crippen molar-refractivity contribution in [3.05, 3.63) is 48.0 Å². The molecule has 0 bridgehead atoms. The summed E-state index contributed by atoms with van der Waals surface area (Å²) in [6, 6.07) is 10.2. The fraction of sp³-hybridized carbons (Fsp3) is 0.680. The van der Waals surface area contributed by atoms with Gasteiger partial charge in [-0.05, 0) is 41.8 Å². The predicted molar refractivity (Wildman–Crippen MR) is 136 cm³/mol. The van der Waals surface area contributed by atoms with Crippen LogP contribution in [0.2, 0.25) is 36.3 Å². The Morgan fingerprint density at radius 3 is 1.87 bits per heavy atom. The zero-order chi connectivity index (χ0) is 23.9. The van der Waals surface area contributed by atoms with Crippen molar-refractivity contribution in [3.63, 3.8) is 0 Å². The van der Waals surface area contributed by atoms with Crippen LogP contribution in [0.1, 0.15) is 47.1 Å². The topological polar surface area (TPSA) is 47.9 Å². The van der Waals surface area contributed by atoms with Gasteiger partial charge in [0, 0.05) is 0 Å². The van der Waals surface area contributed by atoms with E-state index in [1.54, 1.807) is 6.08 Å². The van der Waals surface area contributed by atoms with Gasteiger partial charge in [0.15, 0.2) is 16.6 Å². The summed E-state index contributed by atoms with van der Waals surface area (Å²) in [4.78, 5) is 0. The molecule has 0 radical (unpaired) electrons. The van der Waals surface area contributed by atoms with E-state index in [9.17, 15) is 5.11 Å². The van der Waals surface area contributed by atoms with Crippen molar-refractivity contribution >= 4 is 16.6 Å². The summed E-state index contributed by atoms with van der Waals surface area (Å²) in [7, 11) is -4.12. The van der Waals surface area contributed by atoms with Gasteiger partial charge in [0.05, 0.1) is 32.0 Å². The molecule has 0 spiro atoms. The molecule has 1 rings (SSSR count). The van der Waals surface area contributed by atoms with Crippen LogP contribution in [-0.2, 0) is 20.2 Å². The Bertz CT molecular complexity index is 673. The van der Waals surface area contributed by atoms with Gasteiger partial charge in [0.2, 0.25) is 0 Å². The highest BCUT2D eigenvalue weighted by atomic mass is 28.4. The Morgan fingerprint density at radius 1 is 0.871 bits per heavy atom. The van der Waals surface area contributed by atoms with Gasteiger partial charge in [-0.1, -0.05) is 84.0 Å². The molecule has 0 saturated heterocycles. The first-order chi connectivity index (χ1) is 14.1. The van der Waals surface area contributed by atoms with Crippen molar-refractivity contribution in [2.24, 2.45) is 0 Å². The number of ether oxygens (including phenoxy) is 1. The molecular weight excluding hydrogens is 420 g/mol. The lowest BCUT2D eigenvalue weighted by Crippen LogP contribution is -2.52. The molecular formula is C25H46O4Si2. The predicted octanol–water partition coefficient (Wildman–Crippen LogP) is 6.53. The van der Waals surface area contributed by atoms with Gasteiger partial charge in [-0.25, -0.2) is 0 Å². The van der Waals surface area contributed by atoms with E-state index in [4.69, 9.17) is 13.6 Å². The minimum Gasteiger partial charge on any atom is -0.409 e. The van der Waals surface area contributed by atoms with Crippen LogP contribution in [0.4, 0.5) is 0 Å².